The number of rotatable bonds is 5. The zero-order valence-corrected chi connectivity index (χ0v) is 12.5. The number of carboxylic acid groups (broad SMARTS) is 1. The summed E-state index contributed by atoms with van der Waals surface area (Å²) in [7, 11) is 0. The molecule has 0 radical (unpaired) electrons. The van der Waals surface area contributed by atoms with Gasteiger partial charge in [-0.25, -0.2) is 9.78 Å². The number of nitrogens with zero attached hydrogens (tertiary/aromatic N) is 2. The lowest BCUT2D eigenvalue weighted by atomic mass is 10.1. The van der Waals surface area contributed by atoms with Crippen molar-refractivity contribution in [3.8, 4) is 0 Å². The van der Waals surface area contributed by atoms with Gasteiger partial charge in [-0.05, 0) is 30.2 Å². The largest absolute Gasteiger partial charge is 0.478 e. The molecule has 0 spiro atoms. The number of aryl methyl sites for hydroxylation is 3. The molecule has 0 saturated carbocycles. The number of benzene rings is 2. The van der Waals surface area contributed by atoms with Crippen molar-refractivity contribution in [1.82, 2.24) is 9.55 Å². The lowest BCUT2D eigenvalue weighted by Gasteiger charge is -2.08. The second-order valence-electron chi connectivity index (χ2n) is 5.28. The quantitative estimate of drug-likeness (QED) is 0.783. The number of hydrogen-bond acceptors (Lipinski definition) is 2. The summed E-state index contributed by atoms with van der Waals surface area (Å²) >= 11 is 0. The van der Waals surface area contributed by atoms with E-state index in [0.29, 0.717) is 0 Å². The lowest BCUT2D eigenvalue weighted by Crippen LogP contribution is -2.05. The van der Waals surface area contributed by atoms with Gasteiger partial charge in [-0.15, -0.1) is 0 Å². The Bertz CT molecular complexity index is 807. The van der Waals surface area contributed by atoms with E-state index >= 15 is 0 Å². The molecular formula is C18H18N2O2. The van der Waals surface area contributed by atoms with Gasteiger partial charge < -0.3 is 9.67 Å². The van der Waals surface area contributed by atoms with Crippen LogP contribution in [0.5, 0.6) is 0 Å². The van der Waals surface area contributed by atoms with Crippen LogP contribution in [0.4, 0.5) is 0 Å². The van der Waals surface area contributed by atoms with Crippen molar-refractivity contribution in [2.24, 2.45) is 0 Å². The molecule has 3 rings (SSSR count). The Kier molecular flexibility index (Phi) is 3.92. The fraction of sp³-hybridized carbons (Fsp3) is 0.222. The highest BCUT2D eigenvalue weighted by atomic mass is 16.4. The van der Waals surface area contributed by atoms with Gasteiger partial charge in [0.1, 0.15) is 5.82 Å². The van der Waals surface area contributed by atoms with Crippen molar-refractivity contribution in [2.75, 3.05) is 0 Å². The molecule has 0 unspecified atom stereocenters. The fourth-order valence-electron chi connectivity index (χ4n) is 2.72. The maximum atomic E-state index is 11.1. The maximum absolute atomic E-state index is 11.1. The minimum Gasteiger partial charge on any atom is -0.478 e. The minimum absolute atomic E-state index is 0.280. The van der Waals surface area contributed by atoms with Crippen LogP contribution in [0.3, 0.4) is 0 Å². The Labute approximate surface area is 129 Å². The monoisotopic (exact) mass is 294 g/mol. The zero-order chi connectivity index (χ0) is 15.5. The highest BCUT2D eigenvalue weighted by Crippen LogP contribution is 2.19. The molecule has 0 aliphatic heterocycles. The van der Waals surface area contributed by atoms with Crippen LogP contribution < -0.4 is 0 Å². The first-order valence-corrected chi connectivity index (χ1v) is 7.45. The molecule has 0 atom stereocenters. The van der Waals surface area contributed by atoms with E-state index < -0.39 is 5.97 Å². The van der Waals surface area contributed by atoms with E-state index in [1.54, 1.807) is 12.1 Å². The highest BCUT2D eigenvalue weighted by Gasteiger charge is 2.12. The van der Waals surface area contributed by atoms with E-state index in [9.17, 15) is 4.79 Å². The van der Waals surface area contributed by atoms with Crippen molar-refractivity contribution >= 4 is 17.0 Å². The lowest BCUT2D eigenvalue weighted by molar-refractivity contribution is 0.0697. The van der Waals surface area contributed by atoms with Crippen LogP contribution in [-0.4, -0.2) is 20.6 Å². The predicted molar refractivity (Wildman–Crippen MR) is 86.2 cm³/mol. The van der Waals surface area contributed by atoms with E-state index in [4.69, 9.17) is 5.11 Å². The number of carboxylic acids is 1. The third kappa shape index (κ3) is 2.72. The summed E-state index contributed by atoms with van der Waals surface area (Å²) in [5, 5.41) is 9.10. The van der Waals surface area contributed by atoms with Gasteiger partial charge in [0.15, 0.2) is 0 Å². The average Bonchev–Trinajstić information content (AvgIpc) is 2.90. The summed E-state index contributed by atoms with van der Waals surface area (Å²) < 4.78 is 2.19. The van der Waals surface area contributed by atoms with E-state index in [-0.39, 0.29) is 5.56 Å². The summed E-state index contributed by atoms with van der Waals surface area (Å²) in [5.41, 5.74) is 3.32. The SMILES string of the molecule is CCc1nc2cc(C(=O)O)ccc2n1CCc1ccccc1. The molecule has 3 aromatic rings. The van der Waals surface area contributed by atoms with Gasteiger partial charge in [-0.2, -0.15) is 0 Å². The molecule has 1 heterocycles. The van der Waals surface area contributed by atoms with Crippen molar-refractivity contribution in [3.63, 3.8) is 0 Å². The first kappa shape index (κ1) is 14.3. The molecule has 112 valence electrons. The van der Waals surface area contributed by atoms with E-state index in [2.05, 4.69) is 28.6 Å². The zero-order valence-electron chi connectivity index (χ0n) is 12.5. The van der Waals surface area contributed by atoms with Crippen LogP contribution in [0.1, 0.15) is 28.7 Å². The van der Waals surface area contributed by atoms with Crippen LogP contribution in [0.25, 0.3) is 11.0 Å². The molecule has 22 heavy (non-hydrogen) atoms. The maximum Gasteiger partial charge on any atom is 0.335 e. The van der Waals surface area contributed by atoms with Crippen LogP contribution in [0.2, 0.25) is 0 Å². The summed E-state index contributed by atoms with van der Waals surface area (Å²) in [5.74, 6) is 0.0762. The molecule has 0 bridgehead atoms. The van der Waals surface area contributed by atoms with Crippen molar-refractivity contribution in [1.29, 1.82) is 0 Å². The second-order valence-corrected chi connectivity index (χ2v) is 5.28. The Hall–Kier alpha value is -2.62. The topological polar surface area (TPSA) is 55.1 Å². The molecule has 0 saturated heterocycles. The molecule has 0 amide bonds. The van der Waals surface area contributed by atoms with Gasteiger partial charge in [-0.1, -0.05) is 37.3 Å². The Morgan fingerprint density at radius 2 is 1.95 bits per heavy atom. The van der Waals surface area contributed by atoms with Gasteiger partial charge >= 0.3 is 5.97 Å². The standard InChI is InChI=1S/C18H18N2O2/c1-2-17-19-15-12-14(18(21)22)8-9-16(15)20(17)11-10-13-6-4-3-5-7-13/h3-9,12H,2,10-11H2,1H3,(H,21,22). The molecule has 0 aliphatic carbocycles. The van der Waals surface area contributed by atoms with Gasteiger partial charge in [0.05, 0.1) is 16.6 Å². The van der Waals surface area contributed by atoms with Crippen LogP contribution in [-0.2, 0) is 19.4 Å². The van der Waals surface area contributed by atoms with Gasteiger partial charge in [0, 0.05) is 13.0 Å². The summed E-state index contributed by atoms with van der Waals surface area (Å²) in [6, 6.07) is 15.5. The van der Waals surface area contributed by atoms with E-state index in [0.717, 1.165) is 36.2 Å². The third-order valence-electron chi connectivity index (χ3n) is 3.86. The normalized spacial score (nSPS) is 11.0. The summed E-state index contributed by atoms with van der Waals surface area (Å²) in [4.78, 5) is 15.7. The third-order valence-corrected chi connectivity index (χ3v) is 3.86. The Morgan fingerprint density at radius 1 is 1.18 bits per heavy atom. The number of aromatic nitrogens is 2. The molecule has 4 nitrogen and oxygen atoms in total. The Balaban J connectivity index is 1.95. The number of hydrogen-bond donors (Lipinski definition) is 1. The molecule has 2 aromatic carbocycles. The fourth-order valence-corrected chi connectivity index (χ4v) is 2.72. The van der Waals surface area contributed by atoms with Crippen LogP contribution >= 0.6 is 0 Å². The molecule has 0 aliphatic rings. The van der Waals surface area contributed by atoms with Gasteiger partial charge in [-0.3, -0.25) is 0 Å². The van der Waals surface area contributed by atoms with Crippen molar-refractivity contribution in [3.05, 3.63) is 65.5 Å². The van der Waals surface area contributed by atoms with Gasteiger partial charge in [0.2, 0.25) is 0 Å². The first-order chi connectivity index (χ1) is 10.7. The van der Waals surface area contributed by atoms with Gasteiger partial charge in [0.25, 0.3) is 0 Å². The Morgan fingerprint density at radius 3 is 2.64 bits per heavy atom. The number of aromatic carboxylic acids is 1. The molecule has 1 aromatic heterocycles. The van der Waals surface area contributed by atoms with E-state index in [1.807, 2.05) is 24.3 Å². The highest BCUT2D eigenvalue weighted by molar-refractivity contribution is 5.92. The number of imidazole rings is 1. The van der Waals surface area contributed by atoms with Crippen molar-refractivity contribution in [2.45, 2.75) is 26.3 Å². The molecule has 4 heteroatoms. The second kappa shape index (κ2) is 6.02. The van der Waals surface area contributed by atoms with Crippen LogP contribution in [0.15, 0.2) is 48.5 Å². The number of fused-ring (bicyclic) bond motifs is 1. The van der Waals surface area contributed by atoms with E-state index in [1.165, 1.54) is 5.56 Å². The summed E-state index contributed by atoms with van der Waals surface area (Å²) in [6.45, 7) is 2.91. The number of carbonyl (C=O) groups is 1. The average molecular weight is 294 g/mol. The first-order valence-electron chi connectivity index (χ1n) is 7.45. The van der Waals surface area contributed by atoms with Crippen LogP contribution in [0, 0.1) is 0 Å². The summed E-state index contributed by atoms with van der Waals surface area (Å²) in [6.07, 6.45) is 1.76. The molecular weight excluding hydrogens is 276 g/mol. The predicted octanol–water partition coefficient (Wildman–Crippen LogP) is 3.54. The minimum atomic E-state index is -0.918. The van der Waals surface area contributed by atoms with Crippen molar-refractivity contribution < 1.29 is 9.90 Å². The molecule has 1 N–H and O–H groups in total. The smallest absolute Gasteiger partial charge is 0.335 e. The molecule has 0 fully saturated rings.